The van der Waals surface area contributed by atoms with E-state index in [1.54, 1.807) is 4.68 Å². The molecular weight excluding hydrogens is 442 g/mol. The van der Waals surface area contributed by atoms with Crippen molar-refractivity contribution in [2.24, 2.45) is 0 Å². The van der Waals surface area contributed by atoms with Gasteiger partial charge in [0.15, 0.2) is 5.82 Å². The highest BCUT2D eigenvalue weighted by molar-refractivity contribution is 5.66. The lowest BCUT2D eigenvalue weighted by molar-refractivity contribution is 0.0341. The monoisotopic (exact) mass is 471 g/mol. The SMILES string of the molecule is Cc1cc(Nc2cc(N)ccc2C)n(-c2cc(Nc3ccc(CN4CCOCC4)cn3)ncn2)n1. The Labute approximate surface area is 204 Å². The molecule has 0 radical (unpaired) electrons. The fourth-order valence-corrected chi connectivity index (χ4v) is 3.95. The molecule has 4 aromatic rings. The van der Waals surface area contributed by atoms with Crippen LogP contribution in [0.5, 0.6) is 0 Å². The molecule has 1 fully saturated rings. The van der Waals surface area contributed by atoms with Crippen LogP contribution in [0.1, 0.15) is 16.8 Å². The number of nitrogen functional groups attached to an aromatic ring is 1. The smallest absolute Gasteiger partial charge is 0.161 e. The Morgan fingerprint density at radius 1 is 0.943 bits per heavy atom. The molecule has 1 saturated heterocycles. The van der Waals surface area contributed by atoms with Crippen LogP contribution in [0.15, 0.2) is 55.0 Å². The molecule has 4 N–H and O–H groups in total. The first-order chi connectivity index (χ1) is 17.0. The molecule has 35 heavy (non-hydrogen) atoms. The minimum absolute atomic E-state index is 0.627. The molecule has 3 aromatic heterocycles. The maximum atomic E-state index is 5.98. The summed E-state index contributed by atoms with van der Waals surface area (Å²) in [5.74, 6) is 2.75. The van der Waals surface area contributed by atoms with Gasteiger partial charge in [0.2, 0.25) is 0 Å². The van der Waals surface area contributed by atoms with Gasteiger partial charge in [0, 0.05) is 49.3 Å². The summed E-state index contributed by atoms with van der Waals surface area (Å²) in [6, 6.07) is 13.6. The maximum absolute atomic E-state index is 5.98. The fraction of sp³-hybridized carbons (Fsp3) is 0.280. The molecule has 0 aliphatic carbocycles. The lowest BCUT2D eigenvalue weighted by atomic mass is 10.2. The second kappa shape index (κ2) is 10.1. The van der Waals surface area contributed by atoms with Crippen LogP contribution in [0.3, 0.4) is 0 Å². The van der Waals surface area contributed by atoms with Gasteiger partial charge >= 0.3 is 0 Å². The summed E-state index contributed by atoms with van der Waals surface area (Å²) in [6.45, 7) is 8.31. The third-order valence-corrected chi connectivity index (χ3v) is 5.82. The maximum Gasteiger partial charge on any atom is 0.161 e. The topological polar surface area (TPSA) is 119 Å². The molecule has 5 rings (SSSR count). The number of benzene rings is 1. The molecule has 1 aliphatic rings. The molecular formula is C25H29N9O. The predicted molar refractivity (Wildman–Crippen MR) is 136 cm³/mol. The van der Waals surface area contributed by atoms with Gasteiger partial charge in [0.05, 0.1) is 18.9 Å². The zero-order valence-corrected chi connectivity index (χ0v) is 19.9. The number of nitrogens with zero attached hydrogens (tertiary/aromatic N) is 6. The van der Waals surface area contributed by atoms with E-state index in [1.165, 1.54) is 11.9 Å². The number of morpholine rings is 1. The van der Waals surface area contributed by atoms with E-state index in [0.29, 0.717) is 23.1 Å². The predicted octanol–water partition coefficient (Wildman–Crippen LogP) is 3.58. The Morgan fingerprint density at radius 3 is 2.60 bits per heavy atom. The zero-order valence-electron chi connectivity index (χ0n) is 19.9. The molecule has 0 atom stereocenters. The van der Waals surface area contributed by atoms with Crippen LogP contribution < -0.4 is 16.4 Å². The number of aryl methyl sites for hydroxylation is 2. The third-order valence-electron chi connectivity index (χ3n) is 5.82. The summed E-state index contributed by atoms with van der Waals surface area (Å²) in [7, 11) is 0. The van der Waals surface area contributed by atoms with Crippen molar-refractivity contribution in [2.45, 2.75) is 20.4 Å². The Bertz CT molecular complexity index is 1300. The minimum Gasteiger partial charge on any atom is -0.399 e. The van der Waals surface area contributed by atoms with E-state index in [2.05, 4.69) is 41.7 Å². The van der Waals surface area contributed by atoms with Crippen molar-refractivity contribution in [1.29, 1.82) is 0 Å². The molecule has 4 heterocycles. The van der Waals surface area contributed by atoms with E-state index < -0.39 is 0 Å². The molecule has 1 aromatic carbocycles. The Morgan fingerprint density at radius 2 is 1.80 bits per heavy atom. The number of pyridine rings is 1. The van der Waals surface area contributed by atoms with E-state index in [4.69, 9.17) is 10.5 Å². The lowest BCUT2D eigenvalue weighted by Crippen LogP contribution is -2.35. The molecule has 10 heteroatoms. The van der Waals surface area contributed by atoms with E-state index in [9.17, 15) is 0 Å². The van der Waals surface area contributed by atoms with Gasteiger partial charge in [-0.25, -0.2) is 15.0 Å². The van der Waals surface area contributed by atoms with Crippen LogP contribution in [0.4, 0.5) is 28.8 Å². The van der Waals surface area contributed by atoms with Gasteiger partial charge in [-0.2, -0.15) is 9.78 Å². The number of nitrogens with one attached hydrogen (secondary N) is 2. The first-order valence-corrected chi connectivity index (χ1v) is 11.6. The van der Waals surface area contributed by atoms with Crippen LogP contribution in [0.2, 0.25) is 0 Å². The van der Waals surface area contributed by atoms with Crippen LogP contribution in [0, 0.1) is 13.8 Å². The van der Waals surface area contributed by atoms with E-state index in [0.717, 1.165) is 55.6 Å². The summed E-state index contributed by atoms with van der Waals surface area (Å²) in [6.07, 6.45) is 3.41. The normalized spacial score (nSPS) is 14.1. The van der Waals surface area contributed by atoms with Gasteiger partial charge in [-0.05, 0) is 43.2 Å². The summed E-state index contributed by atoms with van der Waals surface area (Å²) < 4.78 is 7.17. The van der Waals surface area contributed by atoms with Crippen molar-refractivity contribution in [2.75, 3.05) is 42.7 Å². The Hall–Kier alpha value is -4.02. The Kier molecular flexibility index (Phi) is 6.55. The number of nitrogens with two attached hydrogens (primary N) is 1. The number of ether oxygens (including phenoxy) is 1. The summed E-state index contributed by atoms with van der Waals surface area (Å²) >= 11 is 0. The van der Waals surface area contributed by atoms with Crippen molar-refractivity contribution in [3.63, 3.8) is 0 Å². The summed E-state index contributed by atoms with van der Waals surface area (Å²) in [5.41, 5.74) is 10.7. The molecule has 0 saturated carbocycles. The number of rotatable bonds is 7. The third kappa shape index (κ3) is 5.56. The molecule has 1 aliphatic heterocycles. The van der Waals surface area contributed by atoms with Gasteiger partial charge in [0.25, 0.3) is 0 Å². The standard InChI is InChI=1S/C25H29N9O/c1-17-3-5-20(26)12-21(17)30-25-11-18(2)32-34(25)24-13-23(28-16-29-24)31-22-6-4-19(14-27-22)15-33-7-9-35-10-8-33/h3-6,11-14,16,30H,7-10,15,26H2,1-2H3,(H,27,28,29,31). The molecule has 0 unspecified atom stereocenters. The molecule has 180 valence electrons. The average Bonchev–Trinajstić information content (AvgIpc) is 3.23. The highest BCUT2D eigenvalue weighted by Gasteiger charge is 2.13. The van der Waals surface area contributed by atoms with E-state index in [-0.39, 0.29) is 0 Å². The van der Waals surface area contributed by atoms with Crippen molar-refractivity contribution < 1.29 is 4.74 Å². The van der Waals surface area contributed by atoms with E-state index in [1.807, 2.05) is 56.4 Å². The second-order valence-corrected chi connectivity index (χ2v) is 8.61. The highest BCUT2D eigenvalue weighted by Crippen LogP contribution is 2.26. The van der Waals surface area contributed by atoms with Crippen molar-refractivity contribution in [3.8, 4) is 5.82 Å². The number of aromatic nitrogens is 5. The van der Waals surface area contributed by atoms with Crippen molar-refractivity contribution in [1.82, 2.24) is 29.6 Å². The van der Waals surface area contributed by atoms with Crippen molar-refractivity contribution >= 4 is 28.8 Å². The number of hydrogen-bond acceptors (Lipinski definition) is 9. The fourth-order valence-electron chi connectivity index (χ4n) is 3.95. The Balaban J connectivity index is 1.32. The van der Waals surface area contributed by atoms with Crippen LogP contribution in [-0.4, -0.2) is 55.9 Å². The van der Waals surface area contributed by atoms with Crippen LogP contribution >= 0.6 is 0 Å². The highest BCUT2D eigenvalue weighted by atomic mass is 16.5. The zero-order chi connectivity index (χ0) is 24.2. The first-order valence-electron chi connectivity index (χ1n) is 11.6. The van der Waals surface area contributed by atoms with Gasteiger partial charge in [-0.1, -0.05) is 12.1 Å². The molecule has 0 bridgehead atoms. The minimum atomic E-state index is 0.627. The molecule has 0 spiro atoms. The van der Waals surface area contributed by atoms with Gasteiger partial charge in [-0.15, -0.1) is 0 Å². The second-order valence-electron chi connectivity index (χ2n) is 8.61. The number of hydrogen-bond donors (Lipinski definition) is 3. The summed E-state index contributed by atoms with van der Waals surface area (Å²) in [4.78, 5) is 15.7. The molecule has 0 amide bonds. The van der Waals surface area contributed by atoms with E-state index >= 15 is 0 Å². The molecule has 10 nitrogen and oxygen atoms in total. The first kappa shape index (κ1) is 22.8. The van der Waals surface area contributed by atoms with Crippen LogP contribution in [0.25, 0.3) is 5.82 Å². The van der Waals surface area contributed by atoms with Crippen LogP contribution in [-0.2, 0) is 11.3 Å². The average molecular weight is 472 g/mol. The van der Waals surface area contributed by atoms with Gasteiger partial charge in [-0.3, -0.25) is 4.90 Å². The summed E-state index contributed by atoms with van der Waals surface area (Å²) in [5, 5.41) is 11.3. The number of anilines is 5. The van der Waals surface area contributed by atoms with Crippen molar-refractivity contribution in [3.05, 3.63) is 71.8 Å². The largest absolute Gasteiger partial charge is 0.399 e. The van der Waals surface area contributed by atoms with Gasteiger partial charge in [0.1, 0.15) is 23.8 Å². The quantitative estimate of drug-likeness (QED) is 0.348. The lowest BCUT2D eigenvalue weighted by Gasteiger charge is -2.26. The van der Waals surface area contributed by atoms with Gasteiger partial charge < -0.3 is 21.1 Å².